The minimum Gasteiger partial charge on any atom is -0.370 e. The number of rotatable bonds is 3. The van der Waals surface area contributed by atoms with E-state index in [0.717, 1.165) is 36.3 Å². The molecule has 1 saturated heterocycles. The van der Waals surface area contributed by atoms with Gasteiger partial charge >= 0.3 is 0 Å². The van der Waals surface area contributed by atoms with Crippen molar-refractivity contribution in [1.29, 1.82) is 0 Å². The Bertz CT molecular complexity index is 695. The van der Waals surface area contributed by atoms with E-state index in [0.29, 0.717) is 11.4 Å². The molecule has 1 aromatic heterocycles. The molecule has 0 saturated carbocycles. The molecular weight excluding hydrogens is 268 g/mol. The average Bonchev–Trinajstić information content (AvgIpc) is 2.99. The number of aryl methyl sites for hydroxylation is 1. The fourth-order valence-electron chi connectivity index (χ4n) is 2.95. The zero-order valence-corrected chi connectivity index (χ0v) is 12.2. The first-order valence-corrected chi connectivity index (χ1v) is 7.05. The van der Waals surface area contributed by atoms with Crippen molar-refractivity contribution in [3.05, 3.63) is 40.2 Å². The van der Waals surface area contributed by atoms with Crippen LogP contribution in [0.15, 0.2) is 24.4 Å². The first-order chi connectivity index (χ1) is 10.1. The third kappa shape index (κ3) is 2.42. The molecule has 2 aromatic rings. The van der Waals surface area contributed by atoms with Crippen LogP contribution >= 0.6 is 0 Å². The average molecular weight is 286 g/mol. The van der Waals surface area contributed by atoms with Gasteiger partial charge in [-0.05, 0) is 32.0 Å². The molecule has 110 valence electrons. The van der Waals surface area contributed by atoms with Gasteiger partial charge in [0, 0.05) is 48.7 Å². The molecule has 1 aliphatic rings. The summed E-state index contributed by atoms with van der Waals surface area (Å²) >= 11 is 0. The van der Waals surface area contributed by atoms with Gasteiger partial charge < -0.3 is 10.2 Å². The SMILES string of the molecule is Cc1cc2c(N(C)C3CCNC3)ccc([N+](=O)[O-])c2cn1. The van der Waals surface area contributed by atoms with Crippen molar-refractivity contribution in [3.8, 4) is 0 Å². The highest BCUT2D eigenvalue weighted by molar-refractivity contribution is 5.99. The molecule has 0 bridgehead atoms. The molecule has 21 heavy (non-hydrogen) atoms. The Kier molecular flexibility index (Phi) is 3.47. The van der Waals surface area contributed by atoms with Crippen LogP contribution in [0, 0.1) is 17.0 Å². The van der Waals surface area contributed by atoms with E-state index in [-0.39, 0.29) is 10.6 Å². The maximum atomic E-state index is 11.2. The normalized spacial score (nSPS) is 18.1. The minimum atomic E-state index is -0.347. The third-order valence-electron chi connectivity index (χ3n) is 4.15. The van der Waals surface area contributed by atoms with E-state index in [1.807, 2.05) is 26.1 Å². The van der Waals surface area contributed by atoms with Gasteiger partial charge in [0.25, 0.3) is 5.69 Å². The van der Waals surface area contributed by atoms with E-state index in [4.69, 9.17) is 0 Å². The summed E-state index contributed by atoms with van der Waals surface area (Å²) in [5.41, 5.74) is 2.00. The summed E-state index contributed by atoms with van der Waals surface area (Å²) in [5.74, 6) is 0. The molecule has 0 aliphatic carbocycles. The highest BCUT2D eigenvalue weighted by Crippen LogP contribution is 2.34. The number of nitro benzene ring substituents is 1. The second-order valence-corrected chi connectivity index (χ2v) is 5.49. The van der Waals surface area contributed by atoms with Crippen LogP contribution in [0.25, 0.3) is 10.8 Å². The largest absolute Gasteiger partial charge is 0.370 e. The van der Waals surface area contributed by atoms with Gasteiger partial charge in [0.05, 0.1) is 10.3 Å². The standard InChI is InChI=1S/C15H18N4O2/c1-10-7-12-13(9-17-10)15(19(20)21)4-3-14(12)18(2)11-5-6-16-8-11/h3-4,7,9,11,16H,5-6,8H2,1-2H3. The molecule has 0 spiro atoms. The van der Waals surface area contributed by atoms with E-state index in [1.54, 1.807) is 12.3 Å². The molecule has 2 heterocycles. The van der Waals surface area contributed by atoms with Crippen molar-refractivity contribution in [2.24, 2.45) is 0 Å². The number of aromatic nitrogens is 1. The summed E-state index contributed by atoms with van der Waals surface area (Å²) in [6, 6.07) is 5.77. The van der Waals surface area contributed by atoms with Gasteiger partial charge in [0.15, 0.2) is 0 Å². The van der Waals surface area contributed by atoms with E-state index in [1.165, 1.54) is 0 Å². The van der Waals surface area contributed by atoms with Crippen molar-refractivity contribution in [2.45, 2.75) is 19.4 Å². The van der Waals surface area contributed by atoms with Crippen LogP contribution < -0.4 is 10.2 Å². The van der Waals surface area contributed by atoms with Crippen LogP contribution in [-0.4, -0.2) is 36.1 Å². The van der Waals surface area contributed by atoms with Crippen molar-refractivity contribution in [1.82, 2.24) is 10.3 Å². The van der Waals surface area contributed by atoms with Gasteiger partial charge in [-0.1, -0.05) is 0 Å². The number of hydrogen-bond donors (Lipinski definition) is 1. The molecule has 3 rings (SSSR count). The van der Waals surface area contributed by atoms with Gasteiger partial charge in [-0.25, -0.2) is 0 Å². The first kappa shape index (κ1) is 13.8. The predicted octanol–water partition coefficient (Wildman–Crippen LogP) is 2.25. The lowest BCUT2D eigenvalue weighted by atomic mass is 10.1. The molecule has 0 radical (unpaired) electrons. The highest BCUT2D eigenvalue weighted by Gasteiger charge is 2.23. The van der Waals surface area contributed by atoms with Gasteiger partial charge in [0.1, 0.15) is 0 Å². The number of anilines is 1. The molecular formula is C15H18N4O2. The molecule has 0 amide bonds. The fraction of sp³-hybridized carbons (Fsp3) is 0.400. The zero-order valence-electron chi connectivity index (χ0n) is 12.2. The summed E-state index contributed by atoms with van der Waals surface area (Å²) in [7, 11) is 2.05. The van der Waals surface area contributed by atoms with Crippen molar-refractivity contribution >= 4 is 22.1 Å². The van der Waals surface area contributed by atoms with E-state index in [9.17, 15) is 10.1 Å². The Morgan fingerprint density at radius 2 is 2.24 bits per heavy atom. The summed E-state index contributed by atoms with van der Waals surface area (Å²) in [6.45, 7) is 3.86. The fourth-order valence-corrected chi connectivity index (χ4v) is 2.95. The summed E-state index contributed by atoms with van der Waals surface area (Å²) in [5, 5.41) is 16.0. The molecule has 6 heteroatoms. The first-order valence-electron chi connectivity index (χ1n) is 7.05. The number of fused-ring (bicyclic) bond motifs is 1. The smallest absolute Gasteiger partial charge is 0.278 e. The lowest BCUT2D eigenvalue weighted by molar-refractivity contribution is -0.383. The van der Waals surface area contributed by atoms with Crippen molar-refractivity contribution in [2.75, 3.05) is 25.0 Å². The topological polar surface area (TPSA) is 71.3 Å². The van der Waals surface area contributed by atoms with Crippen LogP contribution in [0.1, 0.15) is 12.1 Å². The van der Waals surface area contributed by atoms with Gasteiger partial charge in [-0.15, -0.1) is 0 Å². The lowest BCUT2D eigenvalue weighted by Gasteiger charge is -2.27. The second-order valence-electron chi connectivity index (χ2n) is 5.49. The number of hydrogen-bond acceptors (Lipinski definition) is 5. The number of non-ortho nitro benzene ring substituents is 1. The molecule has 1 atom stereocenters. The van der Waals surface area contributed by atoms with Crippen LogP contribution in [0.4, 0.5) is 11.4 Å². The molecule has 1 N–H and O–H groups in total. The summed E-state index contributed by atoms with van der Waals surface area (Å²) in [6.07, 6.45) is 2.69. The van der Waals surface area contributed by atoms with Crippen LogP contribution in [0.3, 0.4) is 0 Å². The molecule has 6 nitrogen and oxygen atoms in total. The number of pyridine rings is 1. The van der Waals surface area contributed by atoms with Crippen LogP contribution in [-0.2, 0) is 0 Å². The lowest BCUT2D eigenvalue weighted by Crippen LogP contribution is -2.33. The van der Waals surface area contributed by atoms with Crippen molar-refractivity contribution < 1.29 is 4.92 Å². The van der Waals surface area contributed by atoms with E-state index < -0.39 is 0 Å². The maximum Gasteiger partial charge on any atom is 0.278 e. The quantitative estimate of drug-likeness (QED) is 0.692. The molecule has 1 aromatic carbocycles. The maximum absolute atomic E-state index is 11.2. The number of nitrogens with zero attached hydrogens (tertiary/aromatic N) is 3. The number of benzene rings is 1. The minimum absolute atomic E-state index is 0.110. The molecule has 1 unspecified atom stereocenters. The van der Waals surface area contributed by atoms with E-state index in [2.05, 4.69) is 15.2 Å². The van der Waals surface area contributed by atoms with Crippen molar-refractivity contribution in [3.63, 3.8) is 0 Å². The predicted molar refractivity (Wildman–Crippen MR) is 82.8 cm³/mol. The highest BCUT2D eigenvalue weighted by atomic mass is 16.6. The third-order valence-corrected chi connectivity index (χ3v) is 4.15. The van der Waals surface area contributed by atoms with Gasteiger partial charge in [0.2, 0.25) is 0 Å². The Hall–Kier alpha value is -2.21. The molecule has 1 fully saturated rings. The number of nitrogens with one attached hydrogen (secondary N) is 1. The van der Waals surface area contributed by atoms with Gasteiger partial charge in [-0.3, -0.25) is 15.1 Å². The number of likely N-dealkylation sites (N-methyl/N-ethyl adjacent to an activating group) is 1. The zero-order chi connectivity index (χ0) is 15.0. The van der Waals surface area contributed by atoms with Crippen LogP contribution in [0.2, 0.25) is 0 Å². The van der Waals surface area contributed by atoms with E-state index >= 15 is 0 Å². The van der Waals surface area contributed by atoms with Gasteiger partial charge in [-0.2, -0.15) is 0 Å². The molecule has 1 aliphatic heterocycles. The Labute approximate surface area is 122 Å². The Balaban J connectivity index is 2.16. The Morgan fingerprint density at radius 3 is 2.90 bits per heavy atom. The Morgan fingerprint density at radius 1 is 1.43 bits per heavy atom. The second kappa shape index (κ2) is 5.29. The number of nitro groups is 1. The summed E-state index contributed by atoms with van der Waals surface area (Å²) in [4.78, 5) is 17.3. The van der Waals surface area contributed by atoms with Crippen LogP contribution in [0.5, 0.6) is 0 Å². The monoisotopic (exact) mass is 286 g/mol. The summed E-state index contributed by atoms with van der Waals surface area (Å²) < 4.78 is 0.